The van der Waals surface area contributed by atoms with Crippen LogP contribution >= 0.6 is 0 Å². The van der Waals surface area contributed by atoms with Gasteiger partial charge in [0.25, 0.3) is 0 Å². The lowest BCUT2D eigenvalue weighted by Crippen LogP contribution is -2.45. The van der Waals surface area contributed by atoms with E-state index in [-0.39, 0.29) is 0 Å². The Balaban J connectivity index is 2.41. The van der Waals surface area contributed by atoms with E-state index in [1.807, 2.05) is 7.05 Å². The zero-order chi connectivity index (χ0) is 11.5. The molecule has 2 unspecified atom stereocenters. The van der Waals surface area contributed by atoms with Gasteiger partial charge in [0, 0.05) is 25.7 Å². The highest BCUT2D eigenvalue weighted by molar-refractivity contribution is 4.86. The molecule has 0 aromatic carbocycles. The van der Waals surface area contributed by atoms with Crippen LogP contribution in [0.2, 0.25) is 0 Å². The first-order valence-corrected chi connectivity index (χ1v) is 6.00. The van der Waals surface area contributed by atoms with Crippen molar-refractivity contribution < 1.29 is 5.11 Å². The molecule has 0 aliphatic carbocycles. The maximum Gasteiger partial charge on any atom is 0.0471 e. The standard InChI is InChI=1S/C12H26N2O/c1-10(13-4)12(2,3)9-14-6-5-11(7-14)8-15/h10-11,13,15H,5-9H2,1-4H3. The van der Waals surface area contributed by atoms with Gasteiger partial charge in [-0.2, -0.15) is 0 Å². The summed E-state index contributed by atoms with van der Waals surface area (Å²) in [5, 5.41) is 12.4. The molecule has 0 bridgehead atoms. The van der Waals surface area contributed by atoms with Crippen molar-refractivity contribution in [3.8, 4) is 0 Å². The molecule has 0 aromatic heterocycles. The van der Waals surface area contributed by atoms with Crippen LogP contribution in [0.4, 0.5) is 0 Å². The van der Waals surface area contributed by atoms with Gasteiger partial charge in [-0.05, 0) is 38.3 Å². The van der Waals surface area contributed by atoms with Crippen LogP contribution in [-0.2, 0) is 0 Å². The Bertz CT molecular complexity index is 194. The predicted octanol–water partition coefficient (Wildman–Crippen LogP) is 0.935. The van der Waals surface area contributed by atoms with Gasteiger partial charge >= 0.3 is 0 Å². The zero-order valence-corrected chi connectivity index (χ0v) is 10.6. The quantitative estimate of drug-likeness (QED) is 0.715. The third kappa shape index (κ3) is 3.44. The Morgan fingerprint density at radius 3 is 2.67 bits per heavy atom. The van der Waals surface area contributed by atoms with E-state index in [0.717, 1.165) is 26.1 Å². The molecule has 1 fully saturated rings. The topological polar surface area (TPSA) is 35.5 Å². The monoisotopic (exact) mass is 214 g/mol. The normalized spacial score (nSPS) is 25.8. The number of hydrogen-bond acceptors (Lipinski definition) is 3. The lowest BCUT2D eigenvalue weighted by molar-refractivity contribution is 0.156. The van der Waals surface area contributed by atoms with Crippen molar-refractivity contribution in [2.75, 3.05) is 33.3 Å². The number of nitrogens with one attached hydrogen (secondary N) is 1. The summed E-state index contributed by atoms with van der Waals surface area (Å²) in [7, 11) is 2.02. The van der Waals surface area contributed by atoms with Gasteiger partial charge in [0.05, 0.1) is 0 Å². The first-order chi connectivity index (χ1) is 6.99. The SMILES string of the molecule is CNC(C)C(C)(C)CN1CCC(CO)C1. The fourth-order valence-electron chi connectivity index (χ4n) is 2.31. The molecule has 2 N–H and O–H groups in total. The molecule has 1 aliphatic heterocycles. The van der Waals surface area contributed by atoms with E-state index in [4.69, 9.17) is 5.11 Å². The van der Waals surface area contributed by atoms with Gasteiger partial charge in [-0.15, -0.1) is 0 Å². The second kappa shape index (κ2) is 5.28. The summed E-state index contributed by atoms with van der Waals surface area (Å²) in [5.41, 5.74) is 0.291. The number of hydrogen-bond donors (Lipinski definition) is 2. The highest BCUT2D eigenvalue weighted by atomic mass is 16.3. The Morgan fingerprint density at radius 2 is 2.20 bits per heavy atom. The highest BCUT2D eigenvalue weighted by Gasteiger charge is 2.30. The van der Waals surface area contributed by atoms with E-state index in [9.17, 15) is 0 Å². The van der Waals surface area contributed by atoms with Crippen LogP contribution in [0.15, 0.2) is 0 Å². The summed E-state index contributed by atoms with van der Waals surface area (Å²) in [5.74, 6) is 0.505. The van der Waals surface area contributed by atoms with Crippen LogP contribution in [0.25, 0.3) is 0 Å². The first kappa shape index (κ1) is 12.9. The maximum atomic E-state index is 9.10. The van der Waals surface area contributed by atoms with E-state index in [1.54, 1.807) is 0 Å². The molecule has 1 saturated heterocycles. The molecule has 0 saturated carbocycles. The first-order valence-electron chi connectivity index (χ1n) is 6.00. The fraction of sp³-hybridized carbons (Fsp3) is 1.00. The third-order valence-corrected chi connectivity index (χ3v) is 3.86. The Hall–Kier alpha value is -0.120. The molecule has 3 nitrogen and oxygen atoms in total. The molecule has 1 aliphatic rings. The molecule has 0 spiro atoms. The van der Waals surface area contributed by atoms with E-state index >= 15 is 0 Å². The van der Waals surface area contributed by atoms with Crippen molar-refractivity contribution in [2.24, 2.45) is 11.3 Å². The Morgan fingerprint density at radius 1 is 1.53 bits per heavy atom. The number of aliphatic hydroxyl groups excluding tert-OH is 1. The number of nitrogens with zero attached hydrogens (tertiary/aromatic N) is 1. The molecule has 1 heterocycles. The van der Waals surface area contributed by atoms with Crippen LogP contribution < -0.4 is 5.32 Å². The van der Waals surface area contributed by atoms with Crippen molar-refractivity contribution >= 4 is 0 Å². The van der Waals surface area contributed by atoms with Crippen LogP contribution in [0.5, 0.6) is 0 Å². The van der Waals surface area contributed by atoms with Crippen LogP contribution in [0, 0.1) is 11.3 Å². The average molecular weight is 214 g/mol. The number of aliphatic hydroxyl groups is 1. The predicted molar refractivity (Wildman–Crippen MR) is 63.9 cm³/mol. The fourth-order valence-corrected chi connectivity index (χ4v) is 2.31. The van der Waals surface area contributed by atoms with Crippen molar-refractivity contribution in [3.05, 3.63) is 0 Å². The van der Waals surface area contributed by atoms with Crippen LogP contribution in [0.1, 0.15) is 27.2 Å². The summed E-state index contributed by atoms with van der Waals surface area (Å²) in [6, 6.07) is 0.519. The number of likely N-dealkylation sites (tertiary alicyclic amines) is 1. The lowest BCUT2D eigenvalue weighted by Gasteiger charge is -2.35. The second-order valence-electron chi connectivity index (χ2n) is 5.57. The van der Waals surface area contributed by atoms with Crippen molar-refractivity contribution in [2.45, 2.75) is 33.2 Å². The van der Waals surface area contributed by atoms with E-state index in [0.29, 0.717) is 24.0 Å². The van der Waals surface area contributed by atoms with Crippen LogP contribution in [-0.4, -0.2) is 49.3 Å². The van der Waals surface area contributed by atoms with E-state index in [1.165, 1.54) is 0 Å². The third-order valence-electron chi connectivity index (χ3n) is 3.86. The molecule has 15 heavy (non-hydrogen) atoms. The van der Waals surface area contributed by atoms with Crippen LogP contribution in [0.3, 0.4) is 0 Å². The average Bonchev–Trinajstić information content (AvgIpc) is 2.63. The Labute approximate surface area is 93.9 Å². The number of rotatable bonds is 5. The second-order valence-corrected chi connectivity index (χ2v) is 5.57. The van der Waals surface area contributed by atoms with Gasteiger partial charge in [0.15, 0.2) is 0 Å². The molecule has 1 rings (SSSR count). The molecule has 0 radical (unpaired) electrons. The van der Waals surface area contributed by atoms with Crippen molar-refractivity contribution in [1.82, 2.24) is 10.2 Å². The summed E-state index contributed by atoms with van der Waals surface area (Å²) < 4.78 is 0. The lowest BCUT2D eigenvalue weighted by atomic mass is 9.85. The van der Waals surface area contributed by atoms with Gasteiger partial charge in [0.1, 0.15) is 0 Å². The van der Waals surface area contributed by atoms with E-state index in [2.05, 4.69) is 31.0 Å². The minimum Gasteiger partial charge on any atom is -0.396 e. The summed E-state index contributed by atoms with van der Waals surface area (Å²) in [4.78, 5) is 2.48. The van der Waals surface area contributed by atoms with Gasteiger partial charge in [-0.1, -0.05) is 13.8 Å². The summed E-state index contributed by atoms with van der Waals surface area (Å²) in [6.45, 7) is 10.5. The van der Waals surface area contributed by atoms with Gasteiger partial charge < -0.3 is 15.3 Å². The van der Waals surface area contributed by atoms with Gasteiger partial charge in [-0.3, -0.25) is 0 Å². The van der Waals surface area contributed by atoms with Crippen molar-refractivity contribution in [1.29, 1.82) is 0 Å². The summed E-state index contributed by atoms with van der Waals surface area (Å²) in [6.07, 6.45) is 1.15. The molecule has 90 valence electrons. The Kier molecular flexibility index (Phi) is 4.56. The maximum absolute atomic E-state index is 9.10. The highest BCUT2D eigenvalue weighted by Crippen LogP contribution is 2.25. The smallest absolute Gasteiger partial charge is 0.0471 e. The molecule has 0 amide bonds. The van der Waals surface area contributed by atoms with Crippen molar-refractivity contribution in [3.63, 3.8) is 0 Å². The molecule has 0 aromatic rings. The van der Waals surface area contributed by atoms with E-state index < -0.39 is 0 Å². The van der Waals surface area contributed by atoms with Gasteiger partial charge in [0.2, 0.25) is 0 Å². The molecule has 3 heteroatoms. The minimum absolute atomic E-state index is 0.291. The molecule has 2 atom stereocenters. The molecular weight excluding hydrogens is 188 g/mol. The molecular formula is C12H26N2O. The largest absolute Gasteiger partial charge is 0.396 e. The minimum atomic E-state index is 0.291. The van der Waals surface area contributed by atoms with Gasteiger partial charge in [-0.25, -0.2) is 0 Å². The summed E-state index contributed by atoms with van der Waals surface area (Å²) >= 11 is 0. The zero-order valence-electron chi connectivity index (χ0n) is 10.6.